The van der Waals surface area contributed by atoms with E-state index >= 15 is 0 Å². The number of hydrogen-bond donors (Lipinski definition) is 1. The molecule has 0 aliphatic carbocycles. The Hall–Kier alpha value is -3.79. The number of carbonyl (C=O) groups excluding carboxylic acids is 1. The lowest BCUT2D eigenvalue weighted by Gasteiger charge is -2.20. The molecule has 0 aromatic heterocycles. The molecule has 0 fully saturated rings. The van der Waals surface area contributed by atoms with Crippen LogP contribution in [0.3, 0.4) is 0 Å². The van der Waals surface area contributed by atoms with Crippen molar-refractivity contribution in [3.63, 3.8) is 0 Å². The first-order valence-electron chi connectivity index (χ1n) is 10.6. The van der Waals surface area contributed by atoms with E-state index in [0.29, 0.717) is 42.1 Å². The molecule has 0 radical (unpaired) electrons. The van der Waals surface area contributed by atoms with Crippen molar-refractivity contribution < 1.29 is 23.7 Å². The average Bonchev–Trinajstić information content (AvgIpc) is 3.21. The number of hydrogen-bond acceptors (Lipinski definition) is 8. The molecule has 176 valence electrons. The molecule has 0 unspecified atom stereocenters. The Labute approximate surface area is 201 Å². The van der Waals surface area contributed by atoms with Crippen LogP contribution in [0.5, 0.6) is 23.0 Å². The van der Waals surface area contributed by atoms with Gasteiger partial charge in [-0.1, -0.05) is 6.07 Å². The molecule has 2 aliphatic rings. The van der Waals surface area contributed by atoms with Crippen LogP contribution in [0.1, 0.15) is 19.4 Å². The van der Waals surface area contributed by atoms with Crippen LogP contribution in [0.4, 0.5) is 0 Å². The smallest absolute Gasteiger partial charge is 0.283 e. The largest absolute Gasteiger partial charge is 0.497 e. The summed E-state index contributed by atoms with van der Waals surface area (Å²) in [5.41, 5.74) is 0.844. The molecule has 0 bridgehead atoms. The Bertz CT molecular complexity index is 1190. The van der Waals surface area contributed by atoms with Gasteiger partial charge in [-0.15, -0.1) is 0 Å². The van der Waals surface area contributed by atoms with Crippen molar-refractivity contribution in [3.05, 3.63) is 53.6 Å². The second-order valence-corrected chi connectivity index (χ2v) is 8.31. The molecule has 0 saturated carbocycles. The molecule has 9 nitrogen and oxygen atoms in total. The number of amidine groups is 2. The van der Waals surface area contributed by atoms with Gasteiger partial charge in [-0.3, -0.25) is 10.2 Å². The van der Waals surface area contributed by atoms with Crippen LogP contribution in [0.2, 0.25) is 0 Å². The van der Waals surface area contributed by atoms with E-state index in [-0.39, 0.29) is 11.4 Å². The quantitative estimate of drug-likeness (QED) is 0.424. The van der Waals surface area contributed by atoms with Crippen molar-refractivity contribution in [2.24, 2.45) is 10.1 Å². The third kappa shape index (κ3) is 5.23. The SMILES string of the molecule is CCOc1cc(C=C2C(=N)N3N=C(C)SC3=NC2=O)ccc1OCCOc1ccc(OC)cc1. The summed E-state index contributed by atoms with van der Waals surface area (Å²) in [4.78, 5) is 16.5. The van der Waals surface area contributed by atoms with Crippen molar-refractivity contribution >= 4 is 39.8 Å². The van der Waals surface area contributed by atoms with E-state index in [2.05, 4.69) is 10.1 Å². The topological polar surface area (TPSA) is 106 Å². The fraction of sp³-hybridized carbons (Fsp3) is 0.250. The van der Waals surface area contributed by atoms with Gasteiger partial charge < -0.3 is 18.9 Å². The zero-order valence-corrected chi connectivity index (χ0v) is 19.8. The highest BCUT2D eigenvalue weighted by molar-refractivity contribution is 8.26. The maximum Gasteiger partial charge on any atom is 0.283 e. The zero-order chi connectivity index (χ0) is 24.1. The molecule has 2 aromatic rings. The van der Waals surface area contributed by atoms with Crippen molar-refractivity contribution in [1.82, 2.24) is 5.01 Å². The van der Waals surface area contributed by atoms with Gasteiger partial charge in [0.25, 0.3) is 5.91 Å². The summed E-state index contributed by atoms with van der Waals surface area (Å²) >= 11 is 1.27. The van der Waals surface area contributed by atoms with Gasteiger partial charge in [-0.25, -0.2) is 0 Å². The maximum absolute atomic E-state index is 12.5. The molecular formula is C24H24N4O5S. The highest BCUT2D eigenvalue weighted by atomic mass is 32.2. The summed E-state index contributed by atoms with van der Waals surface area (Å²) in [6.45, 7) is 4.80. The maximum atomic E-state index is 12.5. The molecule has 0 atom stereocenters. The van der Waals surface area contributed by atoms with E-state index < -0.39 is 5.91 Å². The van der Waals surface area contributed by atoms with Crippen LogP contribution in [0.25, 0.3) is 6.08 Å². The molecule has 34 heavy (non-hydrogen) atoms. The number of hydrazone groups is 1. The number of carbonyl (C=O) groups is 1. The number of nitrogens with zero attached hydrogens (tertiary/aromatic N) is 3. The number of rotatable bonds is 9. The van der Waals surface area contributed by atoms with Gasteiger partial charge >= 0.3 is 0 Å². The number of nitrogens with one attached hydrogen (secondary N) is 1. The van der Waals surface area contributed by atoms with Crippen molar-refractivity contribution in [2.45, 2.75) is 13.8 Å². The minimum atomic E-state index is -0.470. The van der Waals surface area contributed by atoms with Crippen LogP contribution in [-0.2, 0) is 4.79 Å². The highest BCUT2D eigenvalue weighted by Crippen LogP contribution is 2.31. The standard InChI is InChI=1S/C24H24N4O5S/c1-4-31-21-14-16(13-19-22(25)28-24(26-23(19)29)34-15(2)27-28)5-10-20(21)33-12-11-32-18-8-6-17(30-3)7-9-18/h5-10,13-14,25H,4,11-12H2,1-3H3. The summed E-state index contributed by atoms with van der Waals surface area (Å²) in [6.07, 6.45) is 1.61. The normalized spacial score (nSPS) is 16.2. The fourth-order valence-corrected chi connectivity index (χ4v) is 3.97. The molecule has 2 aromatic carbocycles. The first-order chi connectivity index (χ1) is 16.5. The molecule has 4 rings (SSSR count). The van der Waals surface area contributed by atoms with E-state index in [1.54, 1.807) is 31.4 Å². The number of ether oxygens (including phenoxy) is 4. The van der Waals surface area contributed by atoms with Gasteiger partial charge in [0.1, 0.15) is 24.7 Å². The molecule has 0 saturated heterocycles. The molecular weight excluding hydrogens is 456 g/mol. The van der Waals surface area contributed by atoms with Gasteiger partial charge in [-0.05, 0) is 73.6 Å². The minimum absolute atomic E-state index is 0.00619. The van der Waals surface area contributed by atoms with Crippen LogP contribution >= 0.6 is 11.8 Å². The summed E-state index contributed by atoms with van der Waals surface area (Å²) in [5, 5.41) is 15.1. The van der Waals surface area contributed by atoms with Crippen LogP contribution < -0.4 is 18.9 Å². The zero-order valence-electron chi connectivity index (χ0n) is 19.0. The second kappa shape index (κ2) is 10.4. The van der Waals surface area contributed by atoms with Gasteiger partial charge in [0.05, 0.1) is 24.3 Å². The predicted octanol–water partition coefficient (Wildman–Crippen LogP) is 4.19. The van der Waals surface area contributed by atoms with Gasteiger partial charge in [0.2, 0.25) is 5.17 Å². The van der Waals surface area contributed by atoms with E-state index in [4.69, 9.17) is 24.4 Å². The van der Waals surface area contributed by atoms with E-state index in [9.17, 15) is 4.79 Å². The molecule has 0 spiro atoms. The van der Waals surface area contributed by atoms with Crippen LogP contribution in [0, 0.1) is 5.41 Å². The third-order valence-electron chi connectivity index (χ3n) is 4.80. The number of benzene rings is 2. The predicted molar refractivity (Wildman–Crippen MR) is 132 cm³/mol. The lowest BCUT2D eigenvalue weighted by molar-refractivity contribution is -0.114. The van der Waals surface area contributed by atoms with Gasteiger partial charge in [0.15, 0.2) is 17.3 Å². The Morgan fingerprint density at radius 2 is 1.76 bits per heavy atom. The number of methoxy groups -OCH3 is 1. The summed E-state index contributed by atoms with van der Waals surface area (Å²) in [7, 11) is 1.62. The Balaban J connectivity index is 1.44. The lowest BCUT2D eigenvalue weighted by Crippen LogP contribution is -2.35. The van der Waals surface area contributed by atoms with Gasteiger partial charge in [-0.2, -0.15) is 15.1 Å². The molecule has 2 aliphatic heterocycles. The van der Waals surface area contributed by atoms with Crippen molar-refractivity contribution in [3.8, 4) is 23.0 Å². The van der Waals surface area contributed by atoms with Crippen LogP contribution in [-0.4, -0.2) is 53.9 Å². The first-order valence-corrected chi connectivity index (χ1v) is 11.4. The average molecular weight is 481 g/mol. The molecule has 1 N–H and O–H groups in total. The van der Waals surface area contributed by atoms with Gasteiger partial charge in [0, 0.05) is 0 Å². The minimum Gasteiger partial charge on any atom is -0.497 e. The highest BCUT2D eigenvalue weighted by Gasteiger charge is 2.34. The fourth-order valence-electron chi connectivity index (χ4n) is 3.24. The van der Waals surface area contributed by atoms with Crippen molar-refractivity contribution in [2.75, 3.05) is 26.9 Å². The van der Waals surface area contributed by atoms with E-state index in [1.165, 1.54) is 16.8 Å². The Morgan fingerprint density at radius 1 is 1.03 bits per heavy atom. The summed E-state index contributed by atoms with van der Waals surface area (Å²) < 4.78 is 22.4. The monoisotopic (exact) mass is 480 g/mol. The Morgan fingerprint density at radius 3 is 2.50 bits per heavy atom. The molecule has 1 amide bonds. The number of fused-ring (bicyclic) bond motifs is 1. The number of thioether (sulfide) groups is 1. The second-order valence-electron chi connectivity index (χ2n) is 7.15. The summed E-state index contributed by atoms with van der Waals surface area (Å²) in [6, 6.07) is 12.6. The van der Waals surface area contributed by atoms with Crippen molar-refractivity contribution in [1.29, 1.82) is 5.41 Å². The number of aliphatic imine (C=N–C) groups is 1. The molecule has 2 heterocycles. The number of amides is 1. The van der Waals surface area contributed by atoms with E-state index in [0.717, 1.165) is 16.5 Å². The van der Waals surface area contributed by atoms with Crippen LogP contribution in [0.15, 0.2) is 58.1 Å². The first kappa shape index (κ1) is 23.4. The third-order valence-corrected chi connectivity index (χ3v) is 5.63. The summed E-state index contributed by atoms with van der Waals surface area (Å²) in [5.74, 6) is 2.10. The lowest BCUT2D eigenvalue weighted by atomic mass is 10.1. The van der Waals surface area contributed by atoms with E-state index in [1.807, 2.05) is 38.1 Å². The Kier molecular flexibility index (Phi) is 7.17. The molecule has 10 heteroatoms.